The minimum atomic E-state index is -0.527. The highest BCUT2D eigenvalue weighted by atomic mass is 16.3. The summed E-state index contributed by atoms with van der Waals surface area (Å²) < 4.78 is 6.43. The van der Waals surface area contributed by atoms with E-state index in [1.165, 1.54) is 55.7 Å². The van der Waals surface area contributed by atoms with Gasteiger partial charge in [0.1, 0.15) is 11.2 Å². The standard InChI is InChI=1S/C49H31NO/c1-2-13-31(14-3-1)36-20-10-23-43(47(36)40-21-11-25-45-48(40)39-19-8-9-24-44(39)51-45)50-46-27-26-38-35-18-7-5-16-33(35)30-42(38)49(46)28-12-22-37-34-17-6-4-15-32(34)29-41(37)49/h1-30,50H. The molecule has 0 radical (unpaired) electrons. The lowest BCUT2D eigenvalue weighted by atomic mass is 9.63. The number of furan rings is 1. The van der Waals surface area contributed by atoms with Crippen molar-refractivity contribution in [2.45, 2.75) is 0 Å². The molecule has 2 heteroatoms. The van der Waals surface area contributed by atoms with E-state index in [9.17, 15) is 0 Å². The minimum Gasteiger partial charge on any atom is -0.456 e. The molecule has 1 heterocycles. The second kappa shape index (κ2) is 10.7. The van der Waals surface area contributed by atoms with Crippen LogP contribution in [-0.2, 0) is 0 Å². The smallest absolute Gasteiger partial charge is 0.136 e. The minimum absolute atomic E-state index is 0.527. The van der Waals surface area contributed by atoms with Crippen LogP contribution in [0.1, 0.15) is 22.3 Å². The Kier molecular flexibility index (Phi) is 5.91. The van der Waals surface area contributed by atoms with Crippen LogP contribution in [0.4, 0.5) is 5.69 Å². The van der Waals surface area contributed by atoms with Crippen molar-refractivity contribution in [3.63, 3.8) is 0 Å². The summed E-state index contributed by atoms with van der Waals surface area (Å²) >= 11 is 0. The van der Waals surface area contributed by atoms with E-state index < -0.39 is 5.41 Å². The van der Waals surface area contributed by atoms with Crippen molar-refractivity contribution < 1.29 is 4.42 Å². The molecular formula is C49H31NO. The number of para-hydroxylation sites is 1. The van der Waals surface area contributed by atoms with Crippen molar-refractivity contribution in [1.82, 2.24) is 0 Å². The fraction of sp³-hybridized carbons (Fsp3) is 0.0204. The third-order valence-electron chi connectivity index (χ3n) is 11.1. The van der Waals surface area contributed by atoms with Crippen molar-refractivity contribution in [2.75, 3.05) is 5.32 Å². The zero-order chi connectivity index (χ0) is 33.5. The Morgan fingerprint density at radius 3 is 1.92 bits per heavy atom. The van der Waals surface area contributed by atoms with Gasteiger partial charge >= 0.3 is 0 Å². The molecule has 0 amide bonds. The number of anilines is 1. The molecule has 7 aromatic rings. The van der Waals surface area contributed by atoms with E-state index in [4.69, 9.17) is 4.42 Å². The summed E-state index contributed by atoms with van der Waals surface area (Å²) in [4.78, 5) is 0. The molecule has 0 saturated carbocycles. The number of rotatable bonds is 4. The van der Waals surface area contributed by atoms with Gasteiger partial charge in [0.2, 0.25) is 0 Å². The lowest BCUT2D eigenvalue weighted by Crippen LogP contribution is -2.33. The Morgan fingerprint density at radius 2 is 1.12 bits per heavy atom. The third kappa shape index (κ3) is 3.99. The molecule has 1 atom stereocenters. The number of fused-ring (bicyclic) bond motifs is 11. The Hall–Kier alpha value is -6.64. The van der Waals surface area contributed by atoms with E-state index in [0.717, 1.165) is 44.4 Å². The van der Waals surface area contributed by atoms with Crippen LogP contribution in [-0.4, -0.2) is 0 Å². The number of hydrogen-bond acceptors (Lipinski definition) is 2. The van der Waals surface area contributed by atoms with E-state index >= 15 is 0 Å². The summed E-state index contributed by atoms with van der Waals surface area (Å²) in [5, 5.41) is 6.37. The molecule has 1 unspecified atom stereocenters. The van der Waals surface area contributed by atoms with Crippen molar-refractivity contribution in [1.29, 1.82) is 0 Å². The average molecular weight is 650 g/mol. The molecule has 4 aliphatic carbocycles. The van der Waals surface area contributed by atoms with Gasteiger partial charge in [-0.3, -0.25) is 0 Å². The summed E-state index contributed by atoms with van der Waals surface area (Å²) in [7, 11) is 0. The van der Waals surface area contributed by atoms with Crippen LogP contribution >= 0.6 is 0 Å². The van der Waals surface area contributed by atoms with E-state index in [1.54, 1.807) is 0 Å². The molecule has 0 bridgehead atoms. The summed E-state index contributed by atoms with van der Waals surface area (Å²) in [6.07, 6.45) is 16.4. The highest BCUT2D eigenvalue weighted by Gasteiger charge is 2.48. The quantitative estimate of drug-likeness (QED) is 0.205. The Morgan fingerprint density at radius 1 is 0.490 bits per heavy atom. The lowest BCUT2D eigenvalue weighted by molar-refractivity contribution is 0.669. The summed E-state index contributed by atoms with van der Waals surface area (Å²) in [5.41, 5.74) is 18.3. The largest absolute Gasteiger partial charge is 0.456 e. The van der Waals surface area contributed by atoms with Crippen LogP contribution < -0.4 is 5.32 Å². The fourth-order valence-electron chi connectivity index (χ4n) is 8.87. The first-order valence-corrected chi connectivity index (χ1v) is 17.6. The van der Waals surface area contributed by atoms with E-state index in [2.05, 4.69) is 181 Å². The van der Waals surface area contributed by atoms with Gasteiger partial charge in [0.25, 0.3) is 0 Å². The molecule has 4 aliphatic rings. The summed E-state index contributed by atoms with van der Waals surface area (Å²) in [6.45, 7) is 0. The van der Waals surface area contributed by atoms with Crippen molar-refractivity contribution in [3.05, 3.63) is 209 Å². The van der Waals surface area contributed by atoms with Gasteiger partial charge in [-0.25, -0.2) is 0 Å². The van der Waals surface area contributed by atoms with Crippen LogP contribution in [0.15, 0.2) is 191 Å². The second-order valence-corrected chi connectivity index (χ2v) is 13.7. The van der Waals surface area contributed by atoms with E-state index in [0.29, 0.717) is 0 Å². The number of hydrogen-bond donors (Lipinski definition) is 1. The van der Waals surface area contributed by atoms with Crippen LogP contribution in [0.25, 0.3) is 67.5 Å². The van der Waals surface area contributed by atoms with E-state index in [-0.39, 0.29) is 0 Å². The van der Waals surface area contributed by atoms with Gasteiger partial charge in [-0.15, -0.1) is 0 Å². The van der Waals surface area contributed by atoms with Crippen LogP contribution in [0.5, 0.6) is 0 Å². The molecule has 2 nitrogen and oxygen atoms in total. The SMILES string of the molecule is C1=CC2(C(Nc3cccc(-c4ccccc4)c3-c3cccc4oc5ccccc5c34)=CC=C3C2=Cc2ccccc23)C2=Cc3ccccc3C2=C1. The second-order valence-electron chi connectivity index (χ2n) is 13.7. The monoisotopic (exact) mass is 649 g/mol. The molecule has 6 aromatic carbocycles. The topological polar surface area (TPSA) is 25.2 Å². The first-order chi connectivity index (χ1) is 25.3. The highest BCUT2D eigenvalue weighted by Crippen LogP contribution is 2.61. The lowest BCUT2D eigenvalue weighted by Gasteiger charge is -2.42. The van der Waals surface area contributed by atoms with Crippen LogP contribution in [0, 0.1) is 5.41 Å². The van der Waals surface area contributed by atoms with Crippen molar-refractivity contribution in [3.8, 4) is 22.3 Å². The van der Waals surface area contributed by atoms with Gasteiger partial charge in [0.15, 0.2) is 0 Å². The van der Waals surface area contributed by atoms with Gasteiger partial charge in [-0.05, 0) is 97.7 Å². The van der Waals surface area contributed by atoms with Crippen molar-refractivity contribution in [2.24, 2.45) is 5.41 Å². The molecule has 51 heavy (non-hydrogen) atoms. The van der Waals surface area contributed by atoms with E-state index in [1.807, 2.05) is 6.07 Å². The predicted octanol–water partition coefficient (Wildman–Crippen LogP) is 12.7. The molecule has 0 saturated heterocycles. The van der Waals surface area contributed by atoms with Gasteiger partial charge in [0, 0.05) is 27.7 Å². The van der Waals surface area contributed by atoms with Gasteiger partial charge in [-0.2, -0.15) is 0 Å². The van der Waals surface area contributed by atoms with Crippen LogP contribution in [0.3, 0.4) is 0 Å². The Labute approximate surface area is 296 Å². The average Bonchev–Trinajstić information content (AvgIpc) is 3.89. The van der Waals surface area contributed by atoms with Crippen LogP contribution in [0.2, 0.25) is 0 Å². The molecule has 0 aliphatic heterocycles. The number of allylic oxidation sites excluding steroid dienone is 7. The zero-order valence-corrected chi connectivity index (χ0v) is 27.7. The normalized spacial score (nSPS) is 18.0. The molecule has 0 fully saturated rings. The highest BCUT2D eigenvalue weighted by molar-refractivity contribution is 6.15. The number of nitrogens with one attached hydrogen (secondary N) is 1. The van der Waals surface area contributed by atoms with Crippen molar-refractivity contribution >= 4 is 50.9 Å². The maximum Gasteiger partial charge on any atom is 0.136 e. The first-order valence-electron chi connectivity index (χ1n) is 17.6. The Bertz CT molecular complexity index is 2790. The maximum absolute atomic E-state index is 6.43. The van der Waals surface area contributed by atoms with Gasteiger partial charge < -0.3 is 9.73 Å². The molecular weight excluding hydrogens is 619 g/mol. The van der Waals surface area contributed by atoms with Gasteiger partial charge in [0.05, 0.1) is 5.41 Å². The fourth-order valence-corrected chi connectivity index (χ4v) is 8.87. The van der Waals surface area contributed by atoms with Gasteiger partial charge in [-0.1, -0.05) is 146 Å². The Balaban J connectivity index is 1.16. The molecule has 238 valence electrons. The zero-order valence-electron chi connectivity index (χ0n) is 27.7. The number of benzene rings is 6. The molecule has 11 rings (SSSR count). The maximum atomic E-state index is 6.43. The predicted molar refractivity (Wildman–Crippen MR) is 213 cm³/mol. The summed E-state index contributed by atoms with van der Waals surface area (Å²) in [5.74, 6) is 0. The molecule has 1 spiro atoms. The summed E-state index contributed by atoms with van der Waals surface area (Å²) in [6, 6.07) is 49.7. The first kappa shape index (κ1) is 28.2. The third-order valence-corrected chi connectivity index (χ3v) is 11.1. The molecule has 1 N–H and O–H groups in total. The molecule has 1 aromatic heterocycles.